The van der Waals surface area contributed by atoms with E-state index in [1.165, 1.54) is 50.9 Å². The van der Waals surface area contributed by atoms with E-state index < -0.39 is 0 Å². The van der Waals surface area contributed by atoms with Gasteiger partial charge < -0.3 is 9.80 Å². The van der Waals surface area contributed by atoms with Crippen LogP contribution >= 0.6 is 0 Å². The Morgan fingerprint density at radius 3 is 2.43 bits per heavy atom. The molecule has 1 fully saturated rings. The summed E-state index contributed by atoms with van der Waals surface area (Å²) in [5.74, 6) is 2.02. The van der Waals surface area contributed by atoms with Crippen molar-refractivity contribution in [1.29, 1.82) is 0 Å². The number of aryl methyl sites for hydroxylation is 1. The van der Waals surface area contributed by atoms with Crippen molar-refractivity contribution in [3.63, 3.8) is 0 Å². The molecule has 0 unspecified atom stereocenters. The number of rotatable bonds is 7. The van der Waals surface area contributed by atoms with Crippen molar-refractivity contribution in [2.75, 3.05) is 37.6 Å². The summed E-state index contributed by atoms with van der Waals surface area (Å²) in [6.45, 7) is 12.8. The Bertz CT molecular complexity index is 405. The molecule has 0 atom stereocenters. The van der Waals surface area contributed by atoms with Crippen molar-refractivity contribution in [2.45, 2.75) is 46.5 Å². The maximum absolute atomic E-state index is 4.52. The zero-order valence-corrected chi connectivity index (χ0v) is 14.0. The molecule has 1 saturated heterocycles. The molecule has 0 radical (unpaired) electrons. The molecule has 3 heteroatoms. The Morgan fingerprint density at radius 1 is 1.19 bits per heavy atom. The molecule has 2 heterocycles. The first-order valence-electron chi connectivity index (χ1n) is 8.62. The van der Waals surface area contributed by atoms with Gasteiger partial charge in [-0.15, -0.1) is 0 Å². The maximum Gasteiger partial charge on any atom is 0.128 e. The minimum Gasteiger partial charge on any atom is -0.357 e. The van der Waals surface area contributed by atoms with E-state index in [4.69, 9.17) is 0 Å². The number of aromatic nitrogens is 1. The van der Waals surface area contributed by atoms with Crippen LogP contribution in [0, 0.1) is 12.8 Å². The van der Waals surface area contributed by atoms with Gasteiger partial charge in [-0.3, -0.25) is 0 Å². The molecular weight excluding hydrogens is 258 g/mol. The topological polar surface area (TPSA) is 19.4 Å². The maximum atomic E-state index is 4.52. The Balaban J connectivity index is 1.82. The standard InChI is InChI=1S/C18H31N3/c1-4-10-20(11-5-2)15-17-7-12-21(13-8-17)18-14-16(3)6-9-19-18/h6,9,14,17H,4-5,7-8,10-13,15H2,1-3H3. The van der Waals surface area contributed by atoms with Crippen LogP contribution in [0.5, 0.6) is 0 Å². The largest absolute Gasteiger partial charge is 0.357 e. The molecule has 0 aromatic carbocycles. The van der Waals surface area contributed by atoms with Gasteiger partial charge in [0, 0.05) is 25.8 Å². The van der Waals surface area contributed by atoms with Gasteiger partial charge in [-0.25, -0.2) is 4.98 Å². The molecule has 118 valence electrons. The number of anilines is 1. The van der Waals surface area contributed by atoms with Crippen molar-refractivity contribution < 1.29 is 0 Å². The van der Waals surface area contributed by atoms with Crippen LogP contribution in [0.4, 0.5) is 5.82 Å². The lowest BCUT2D eigenvalue weighted by atomic mass is 9.96. The molecular formula is C18H31N3. The quantitative estimate of drug-likeness (QED) is 0.762. The molecule has 1 aliphatic rings. The third kappa shape index (κ3) is 4.99. The summed E-state index contributed by atoms with van der Waals surface area (Å²) in [5.41, 5.74) is 1.30. The van der Waals surface area contributed by atoms with Gasteiger partial charge in [-0.1, -0.05) is 13.8 Å². The van der Waals surface area contributed by atoms with Crippen LogP contribution < -0.4 is 4.90 Å². The normalized spacial score (nSPS) is 16.7. The molecule has 21 heavy (non-hydrogen) atoms. The summed E-state index contributed by atoms with van der Waals surface area (Å²) in [4.78, 5) is 9.63. The molecule has 1 aromatic rings. The highest BCUT2D eigenvalue weighted by Gasteiger charge is 2.21. The summed E-state index contributed by atoms with van der Waals surface area (Å²) in [6.07, 6.45) is 7.08. The van der Waals surface area contributed by atoms with Gasteiger partial charge in [-0.05, 0) is 69.3 Å². The molecule has 0 aliphatic carbocycles. The Labute approximate surface area is 130 Å². The van der Waals surface area contributed by atoms with Crippen LogP contribution in [0.15, 0.2) is 18.3 Å². The molecule has 1 aliphatic heterocycles. The van der Waals surface area contributed by atoms with Crippen molar-refractivity contribution in [3.05, 3.63) is 23.9 Å². The predicted octanol–water partition coefficient (Wildman–Crippen LogP) is 3.73. The summed E-state index contributed by atoms with van der Waals surface area (Å²) in [6, 6.07) is 4.28. The van der Waals surface area contributed by atoms with Crippen LogP contribution in [-0.2, 0) is 0 Å². The van der Waals surface area contributed by atoms with Gasteiger partial charge in [0.1, 0.15) is 5.82 Å². The van der Waals surface area contributed by atoms with Gasteiger partial charge in [0.25, 0.3) is 0 Å². The zero-order chi connectivity index (χ0) is 15.1. The number of hydrogen-bond acceptors (Lipinski definition) is 3. The molecule has 1 aromatic heterocycles. The minimum absolute atomic E-state index is 0.865. The van der Waals surface area contributed by atoms with Crippen LogP contribution in [-0.4, -0.2) is 42.6 Å². The van der Waals surface area contributed by atoms with Crippen LogP contribution in [0.3, 0.4) is 0 Å². The molecule has 0 bridgehead atoms. The second-order valence-electron chi connectivity index (χ2n) is 6.42. The Hall–Kier alpha value is -1.09. The van der Waals surface area contributed by atoms with E-state index in [-0.39, 0.29) is 0 Å². The van der Waals surface area contributed by atoms with Crippen molar-refractivity contribution >= 4 is 5.82 Å². The average molecular weight is 289 g/mol. The van der Waals surface area contributed by atoms with E-state index in [1.807, 2.05) is 6.20 Å². The van der Waals surface area contributed by atoms with E-state index in [0.29, 0.717) is 0 Å². The van der Waals surface area contributed by atoms with Crippen molar-refractivity contribution in [3.8, 4) is 0 Å². The lowest BCUT2D eigenvalue weighted by Crippen LogP contribution is -2.39. The third-order valence-corrected chi connectivity index (χ3v) is 4.44. The zero-order valence-electron chi connectivity index (χ0n) is 14.0. The van der Waals surface area contributed by atoms with Crippen LogP contribution in [0.2, 0.25) is 0 Å². The molecule has 0 spiro atoms. The number of pyridine rings is 1. The number of hydrogen-bond donors (Lipinski definition) is 0. The fourth-order valence-corrected chi connectivity index (χ4v) is 3.33. The van der Waals surface area contributed by atoms with Crippen molar-refractivity contribution in [1.82, 2.24) is 9.88 Å². The number of nitrogens with zero attached hydrogens (tertiary/aromatic N) is 3. The molecule has 0 N–H and O–H groups in total. The summed E-state index contributed by atoms with van der Waals surface area (Å²) < 4.78 is 0. The minimum atomic E-state index is 0.865. The molecule has 0 amide bonds. The lowest BCUT2D eigenvalue weighted by Gasteiger charge is -2.35. The third-order valence-electron chi connectivity index (χ3n) is 4.44. The van der Waals surface area contributed by atoms with Gasteiger partial charge in [0.15, 0.2) is 0 Å². The Kier molecular flexibility index (Phi) is 6.50. The van der Waals surface area contributed by atoms with E-state index in [1.54, 1.807) is 0 Å². The molecule has 0 saturated carbocycles. The van der Waals surface area contributed by atoms with Crippen molar-refractivity contribution in [2.24, 2.45) is 5.92 Å². The summed E-state index contributed by atoms with van der Waals surface area (Å²) >= 11 is 0. The molecule has 3 nitrogen and oxygen atoms in total. The van der Waals surface area contributed by atoms with E-state index in [0.717, 1.165) is 24.8 Å². The van der Waals surface area contributed by atoms with Crippen LogP contribution in [0.1, 0.15) is 45.1 Å². The fourth-order valence-electron chi connectivity index (χ4n) is 3.33. The van der Waals surface area contributed by atoms with Crippen LogP contribution in [0.25, 0.3) is 0 Å². The second kappa shape index (κ2) is 8.38. The number of piperidine rings is 1. The predicted molar refractivity (Wildman–Crippen MR) is 90.9 cm³/mol. The monoisotopic (exact) mass is 289 g/mol. The van der Waals surface area contributed by atoms with E-state index in [2.05, 4.69) is 47.7 Å². The highest BCUT2D eigenvalue weighted by Crippen LogP contribution is 2.23. The van der Waals surface area contributed by atoms with Gasteiger partial charge >= 0.3 is 0 Å². The fraction of sp³-hybridized carbons (Fsp3) is 0.722. The van der Waals surface area contributed by atoms with E-state index >= 15 is 0 Å². The smallest absolute Gasteiger partial charge is 0.128 e. The summed E-state index contributed by atoms with van der Waals surface area (Å²) in [7, 11) is 0. The van der Waals surface area contributed by atoms with Gasteiger partial charge in [-0.2, -0.15) is 0 Å². The van der Waals surface area contributed by atoms with E-state index in [9.17, 15) is 0 Å². The highest BCUT2D eigenvalue weighted by atomic mass is 15.2. The average Bonchev–Trinajstić information content (AvgIpc) is 2.48. The first kappa shape index (κ1) is 16.3. The first-order valence-corrected chi connectivity index (χ1v) is 8.62. The highest BCUT2D eigenvalue weighted by molar-refractivity contribution is 5.40. The first-order chi connectivity index (χ1) is 10.2. The second-order valence-corrected chi connectivity index (χ2v) is 6.42. The van der Waals surface area contributed by atoms with Gasteiger partial charge in [0.2, 0.25) is 0 Å². The molecule has 2 rings (SSSR count). The SMILES string of the molecule is CCCN(CCC)CC1CCN(c2cc(C)ccn2)CC1. The summed E-state index contributed by atoms with van der Waals surface area (Å²) in [5, 5.41) is 0. The lowest BCUT2D eigenvalue weighted by molar-refractivity contribution is 0.211. The Morgan fingerprint density at radius 2 is 1.86 bits per heavy atom. The van der Waals surface area contributed by atoms with Gasteiger partial charge in [0.05, 0.1) is 0 Å².